The summed E-state index contributed by atoms with van der Waals surface area (Å²) >= 11 is 1.83. The van der Waals surface area contributed by atoms with Crippen LogP contribution < -0.4 is 0 Å². The maximum Gasteiger partial charge on any atom is 0.178 e. The Bertz CT molecular complexity index is 1010. The van der Waals surface area contributed by atoms with E-state index < -0.39 is 0 Å². The van der Waals surface area contributed by atoms with Gasteiger partial charge in [0.1, 0.15) is 0 Å². The molecule has 0 amide bonds. The van der Waals surface area contributed by atoms with Crippen molar-refractivity contribution >= 4 is 28.0 Å². The minimum Gasteiger partial charge on any atom is -0.346 e. The lowest BCUT2D eigenvalue weighted by Crippen LogP contribution is -2.38. The summed E-state index contributed by atoms with van der Waals surface area (Å²) in [7, 11) is 0. The topological polar surface area (TPSA) is 49.0 Å². The maximum atomic E-state index is 13.2. The van der Waals surface area contributed by atoms with Crippen molar-refractivity contribution in [2.75, 3.05) is 13.1 Å². The molecule has 1 unspecified atom stereocenters. The van der Waals surface area contributed by atoms with Gasteiger partial charge in [-0.15, -0.1) is 11.3 Å². The third-order valence-electron chi connectivity index (χ3n) is 5.49. The van der Waals surface area contributed by atoms with Crippen molar-refractivity contribution in [3.05, 3.63) is 57.9 Å². The van der Waals surface area contributed by atoms with Gasteiger partial charge in [-0.1, -0.05) is 25.1 Å². The number of hydrogen-bond donors (Lipinski definition) is 0. The Labute approximate surface area is 163 Å². The van der Waals surface area contributed by atoms with E-state index in [0.29, 0.717) is 25.6 Å². The van der Waals surface area contributed by atoms with E-state index in [9.17, 15) is 4.79 Å². The summed E-state index contributed by atoms with van der Waals surface area (Å²) in [5, 5.41) is 12.1. The highest BCUT2D eigenvalue weighted by Crippen LogP contribution is 2.35. The summed E-state index contributed by atoms with van der Waals surface area (Å²) < 4.78 is 2.04. The van der Waals surface area contributed by atoms with E-state index in [2.05, 4.69) is 29.3 Å². The Balaban J connectivity index is 1.61. The molecule has 0 N–H and O–H groups in total. The molecule has 1 atom stereocenters. The summed E-state index contributed by atoms with van der Waals surface area (Å²) in [5.41, 5.74) is 3.20. The lowest BCUT2D eigenvalue weighted by Gasteiger charge is -2.34. The van der Waals surface area contributed by atoms with Crippen molar-refractivity contribution in [2.45, 2.75) is 38.8 Å². The molecule has 0 fully saturated rings. The van der Waals surface area contributed by atoms with Crippen molar-refractivity contribution in [2.24, 2.45) is 0 Å². The average molecular weight is 378 g/mol. The number of thiophene rings is 1. The zero-order valence-corrected chi connectivity index (χ0v) is 16.3. The molecule has 27 heavy (non-hydrogen) atoms. The van der Waals surface area contributed by atoms with E-state index >= 15 is 0 Å². The number of aryl methyl sites for hydroxylation is 1. The lowest BCUT2D eigenvalue weighted by atomic mass is 9.97. The van der Waals surface area contributed by atoms with Crippen LogP contribution in [0.1, 0.15) is 46.6 Å². The number of rotatable bonds is 6. The molecule has 0 radical (unpaired) electrons. The lowest BCUT2D eigenvalue weighted by molar-refractivity contribution is 0.0879. The number of nitrogens with zero attached hydrogens (tertiary/aromatic N) is 3. The molecule has 4 rings (SSSR count). The molecule has 4 nitrogen and oxygen atoms in total. The van der Waals surface area contributed by atoms with Gasteiger partial charge in [-0.2, -0.15) is 5.26 Å². The number of carbonyl (C=O) groups excluding carboxylic acids is 1. The molecule has 1 aliphatic rings. The molecule has 138 valence electrons. The predicted octanol–water partition coefficient (Wildman–Crippen LogP) is 4.81. The van der Waals surface area contributed by atoms with E-state index in [1.807, 2.05) is 46.4 Å². The molecular weight excluding hydrogens is 354 g/mol. The molecule has 0 saturated carbocycles. The Hall–Kier alpha value is -2.42. The second kappa shape index (κ2) is 7.67. The smallest absolute Gasteiger partial charge is 0.178 e. The third kappa shape index (κ3) is 3.31. The van der Waals surface area contributed by atoms with Crippen LogP contribution in [0.4, 0.5) is 0 Å². The number of ketones is 1. The fraction of sp³-hybridized carbons (Fsp3) is 0.364. The maximum absolute atomic E-state index is 13.2. The van der Waals surface area contributed by atoms with Gasteiger partial charge >= 0.3 is 0 Å². The second-order valence-electron chi connectivity index (χ2n) is 7.03. The van der Waals surface area contributed by atoms with E-state index in [4.69, 9.17) is 5.26 Å². The van der Waals surface area contributed by atoms with Crippen LogP contribution in [0.15, 0.2) is 41.9 Å². The monoisotopic (exact) mass is 377 g/mol. The van der Waals surface area contributed by atoms with Crippen molar-refractivity contribution < 1.29 is 4.79 Å². The summed E-state index contributed by atoms with van der Waals surface area (Å²) in [4.78, 5) is 17.0. The van der Waals surface area contributed by atoms with Gasteiger partial charge in [-0.3, -0.25) is 9.69 Å². The number of aromatic nitrogens is 1. The Kier molecular flexibility index (Phi) is 5.11. The molecule has 1 aromatic carbocycles. The van der Waals surface area contributed by atoms with Crippen LogP contribution in [0.5, 0.6) is 0 Å². The first-order valence-electron chi connectivity index (χ1n) is 9.51. The van der Waals surface area contributed by atoms with Crippen LogP contribution in [0.3, 0.4) is 0 Å². The quantitative estimate of drug-likeness (QED) is 0.579. The van der Waals surface area contributed by atoms with E-state index in [-0.39, 0.29) is 5.78 Å². The molecule has 1 aliphatic heterocycles. The zero-order chi connectivity index (χ0) is 18.8. The van der Waals surface area contributed by atoms with E-state index in [1.165, 1.54) is 10.4 Å². The number of carbonyl (C=O) groups is 1. The molecule has 2 aromatic heterocycles. The van der Waals surface area contributed by atoms with Gasteiger partial charge in [0.15, 0.2) is 5.78 Å². The molecule has 0 bridgehead atoms. The molecular formula is C22H23N3OS. The van der Waals surface area contributed by atoms with Crippen molar-refractivity contribution in [3.63, 3.8) is 0 Å². The Morgan fingerprint density at radius 1 is 1.33 bits per heavy atom. The highest BCUT2D eigenvalue weighted by molar-refractivity contribution is 7.10. The fourth-order valence-electron chi connectivity index (χ4n) is 4.21. The zero-order valence-electron chi connectivity index (χ0n) is 15.5. The molecule has 0 spiro atoms. The first-order valence-corrected chi connectivity index (χ1v) is 10.4. The molecule has 3 heterocycles. The number of Topliss-reactive ketones (excluding diaryl/α,β-unsaturated/α-hetero) is 1. The average Bonchev–Trinajstić information content (AvgIpc) is 3.31. The Morgan fingerprint density at radius 2 is 2.19 bits per heavy atom. The van der Waals surface area contributed by atoms with Crippen molar-refractivity contribution in [3.8, 4) is 6.07 Å². The van der Waals surface area contributed by atoms with Crippen LogP contribution in [0, 0.1) is 11.3 Å². The molecule has 5 heteroatoms. The third-order valence-corrected chi connectivity index (χ3v) is 6.49. The highest BCUT2D eigenvalue weighted by atomic mass is 32.1. The minimum absolute atomic E-state index is 0.166. The van der Waals surface area contributed by atoms with Crippen molar-refractivity contribution in [1.82, 2.24) is 9.47 Å². The van der Waals surface area contributed by atoms with Gasteiger partial charge < -0.3 is 4.57 Å². The van der Waals surface area contributed by atoms with Gasteiger partial charge in [0, 0.05) is 46.7 Å². The van der Waals surface area contributed by atoms with Crippen LogP contribution in [0.2, 0.25) is 0 Å². The highest BCUT2D eigenvalue weighted by Gasteiger charge is 2.29. The minimum atomic E-state index is 0.166. The summed E-state index contributed by atoms with van der Waals surface area (Å²) in [6, 6.07) is 12.7. The second-order valence-corrected chi connectivity index (χ2v) is 8.03. The summed E-state index contributed by atoms with van der Waals surface area (Å²) in [5.74, 6) is 0.166. The molecule has 3 aromatic rings. The molecule has 0 saturated heterocycles. The number of nitriles is 1. The molecule has 0 aliphatic carbocycles. The van der Waals surface area contributed by atoms with Crippen LogP contribution in [0.25, 0.3) is 10.9 Å². The van der Waals surface area contributed by atoms with E-state index in [1.54, 1.807) is 0 Å². The van der Waals surface area contributed by atoms with Crippen molar-refractivity contribution in [1.29, 1.82) is 5.26 Å². The standard InChI is InChI=1S/C22H23N3OS/c1-2-19-17-9-13-27-22(17)8-12-25(19)15-21(26)18-14-24(11-5-10-23)20-7-4-3-6-16(18)20/h3-4,6-7,9,13-14,19H,2,5,8,11-12,15H2,1H3. The van der Waals surface area contributed by atoms with Gasteiger partial charge in [0.2, 0.25) is 0 Å². The largest absolute Gasteiger partial charge is 0.346 e. The van der Waals surface area contributed by atoms with Crippen LogP contribution >= 0.6 is 11.3 Å². The summed E-state index contributed by atoms with van der Waals surface area (Å²) in [6.45, 7) is 4.19. The Morgan fingerprint density at radius 3 is 3.00 bits per heavy atom. The number of benzene rings is 1. The van der Waals surface area contributed by atoms with E-state index in [0.717, 1.165) is 35.9 Å². The van der Waals surface area contributed by atoms with Gasteiger partial charge in [0.25, 0.3) is 0 Å². The number of para-hydroxylation sites is 1. The van der Waals surface area contributed by atoms with Gasteiger partial charge in [-0.25, -0.2) is 0 Å². The van der Waals surface area contributed by atoms with Crippen LogP contribution in [-0.2, 0) is 13.0 Å². The first-order chi connectivity index (χ1) is 13.2. The normalized spacial score (nSPS) is 17.0. The number of fused-ring (bicyclic) bond motifs is 2. The van der Waals surface area contributed by atoms with Gasteiger partial charge in [0.05, 0.1) is 19.0 Å². The van der Waals surface area contributed by atoms with Crippen LogP contribution in [-0.4, -0.2) is 28.3 Å². The SMILES string of the molecule is CCC1c2ccsc2CCN1CC(=O)c1cn(CCC#N)c2ccccc12. The van der Waals surface area contributed by atoms with Gasteiger partial charge in [-0.05, 0) is 35.9 Å². The predicted molar refractivity (Wildman–Crippen MR) is 109 cm³/mol. The number of hydrogen-bond acceptors (Lipinski definition) is 4. The first kappa shape index (κ1) is 18.0. The fourth-order valence-corrected chi connectivity index (χ4v) is 5.14. The summed E-state index contributed by atoms with van der Waals surface area (Å²) in [6.07, 6.45) is 4.42.